The molecule has 1 fully saturated rings. The number of fused-ring (bicyclic) bond motifs is 1. The molecule has 0 aliphatic carbocycles. The van der Waals surface area contributed by atoms with Crippen molar-refractivity contribution in [3.05, 3.63) is 47.4 Å². The second-order valence-corrected chi connectivity index (χ2v) is 8.77. The van der Waals surface area contributed by atoms with E-state index in [0.29, 0.717) is 5.56 Å². The third kappa shape index (κ3) is 4.53. The largest absolute Gasteiger partial charge is 0.534 e. The van der Waals surface area contributed by atoms with E-state index in [1.807, 2.05) is 5.48 Å². The minimum absolute atomic E-state index is 0.00110. The Labute approximate surface area is 172 Å². The maximum absolute atomic E-state index is 12.6. The SMILES string of the molecule is O=C(Cc1ccccc1)NOC(=O)C1=C(OS(=O)(=O)C(F)(F)F)CS[C@@H]2CC(=O)N12. The normalized spacial score (nSPS) is 19.0. The monoisotopic (exact) mass is 466 g/mol. The third-order valence-corrected chi connectivity index (χ3v) is 6.15. The number of β-lactam (4-membered cyclic amide) rings is 1. The lowest BCUT2D eigenvalue weighted by Gasteiger charge is -2.43. The van der Waals surface area contributed by atoms with Crippen LogP contribution < -0.4 is 5.48 Å². The van der Waals surface area contributed by atoms with Crippen LogP contribution in [0.4, 0.5) is 13.2 Å². The van der Waals surface area contributed by atoms with Gasteiger partial charge in [0, 0.05) is 0 Å². The smallest absolute Gasteiger partial charge is 0.377 e. The Morgan fingerprint density at radius 2 is 1.90 bits per heavy atom. The maximum atomic E-state index is 12.6. The van der Waals surface area contributed by atoms with E-state index in [2.05, 4.69) is 9.02 Å². The van der Waals surface area contributed by atoms with Gasteiger partial charge in [-0.05, 0) is 5.56 Å². The molecule has 1 aromatic rings. The van der Waals surface area contributed by atoms with Crippen LogP contribution in [0.3, 0.4) is 0 Å². The summed E-state index contributed by atoms with van der Waals surface area (Å²) in [6, 6.07) is 8.37. The van der Waals surface area contributed by atoms with Gasteiger partial charge < -0.3 is 9.02 Å². The molecule has 3 rings (SSSR count). The number of nitrogens with zero attached hydrogens (tertiary/aromatic N) is 1. The highest BCUT2D eigenvalue weighted by Crippen LogP contribution is 2.41. The van der Waals surface area contributed by atoms with E-state index >= 15 is 0 Å². The summed E-state index contributed by atoms with van der Waals surface area (Å²) in [5.41, 5.74) is -4.12. The first-order chi connectivity index (χ1) is 14.0. The summed E-state index contributed by atoms with van der Waals surface area (Å²) in [5, 5.41) is -0.582. The number of carbonyl (C=O) groups is 3. The average Bonchev–Trinajstić information content (AvgIpc) is 2.65. The van der Waals surface area contributed by atoms with E-state index in [1.54, 1.807) is 30.3 Å². The number of benzene rings is 1. The second kappa shape index (κ2) is 8.18. The van der Waals surface area contributed by atoms with Gasteiger partial charge in [-0.25, -0.2) is 4.79 Å². The minimum Gasteiger partial charge on any atom is -0.377 e. The first kappa shape index (κ1) is 22.0. The van der Waals surface area contributed by atoms with Crippen molar-refractivity contribution >= 4 is 39.7 Å². The summed E-state index contributed by atoms with van der Waals surface area (Å²) in [5.74, 6) is -4.16. The van der Waals surface area contributed by atoms with Gasteiger partial charge in [0.1, 0.15) is 0 Å². The van der Waals surface area contributed by atoms with E-state index in [9.17, 15) is 36.0 Å². The van der Waals surface area contributed by atoms with Crippen LogP contribution in [0.2, 0.25) is 0 Å². The third-order valence-electron chi connectivity index (χ3n) is 3.97. The Bertz CT molecular complexity index is 1010. The van der Waals surface area contributed by atoms with Crippen LogP contribution in [-0.2, 0) is 39.9 Å². The van der Waals surface area contributed by atoms with Gasteiger partial charge in [-0.1, -0.05) is 30.3 Å². The molecular formula is C16H13F3N2O7S2. The first-order valence-electron chi connectivity index (χ1n) is 8.21. The predicted molar refractivity (Wildman–Crippen MR) is 95.2 cm³/mol. The fourth-order valence-electron chi connectivity index (χ4n) is 2.59. The molecule has 0 bridgehead atoms. The van der Waals surface area contributed by atoms with Gasteiger partial charge in [-0.15, -0.1) is 11.8 Å². The number of thioether (sulfide) groups is 1. The molecule has 30 heavy (non-hydrogen) atoms. The zero-order valence-corrected chi connectivity index (χ0v) is 16.5. The van der Waals surface area contributed by atoms with Gasteiger partial charge >= 0.3 is 21.6 Å². The van der Waals surface area contributed by atoms with Crippen molar-refractivity contribution in [3.63, 3.8) is 0 Å². The number of nitrogens with one attached hydrogen (secondary N) is 1. The molecule has 2 aliphatic rings. The van der Waals surface area contributed by atoms with Crippen LogP contribution in [0, 0.1) is 0 Å². The zero-order valence-electron chi connectivity index (χ0n) is 14.8. The van der Waals surface area contributed by atoms with Gasteiger partial charge in [-0.2, -0.15) is 27.1 Å². The molecule has 1 N–H and O–H groups in total. The summed E-state index contributed by atoms with van der Waals surface area (Å²) >= 11 is 0.919. The molecule has 1 saturated heterocycles. The van der Waals surface area contributed by atoms with Crippen LogP contribution >= 0.6 is 11.8 Å². The minimum atomic E-state index is -6.07. The molecule has 0 saturated carbocycles. The molecule has 162 valence electrons. The highest BCUT2D eigenvalue weighted by molar-refractivity contribution is 8.00. The van der Waals surface area contributed by atoms with E-state index in [-0.39, 0.29) is 12.8 Å². The number of amides is 2. The molecule has 2 aliphatic heterocycles. The van der Waals surface area contributed by atoms with Gasteiger partial charge in [0.2, 0.25) is 5.91 Å². The van der Waals surface area contributed by atoms with Gasteiger partial charge in [0.25, 0.3) is 5.91 Å². The van der Waals surface area contributed by atoms with Crippen LogP contribution in [0.15, 0.2) is 41.8 Å². The Balaban J connectivity index is 1.77. The zero-order chi connectivity index (χ0) is 22.1. The number of alkyl halides is 3. The van der Waals surface area contributed by atoms with Gasteiger partial charge in [0.15, 0.2) is 11.5 Å². The van der Waals surface area contributed by atoms with Crippen molar-refractivity contribution in [2.75, 3.05) is 5.75 Å². The van der Waals surface area contributed by atoms with Crippen molar-refractivity contribution < 1.29 is 45.0 Å². The summed E-state index contributed by atoms with van der Waals surface area (Å²) in [7, 11) is -6.07. The number of hydrogen-bond donors (Lipinski definition) is 1. The van der Waals surface area contributed by atoms with Crippen LogP contribution in [0.1, 0.15) is 12.0 Å². The number of halogens is 3. The van der Waals surface area contributed by atoms with Crippen molar-refractivity contribution in [3.8, 4) is 0 Å². The molecule has 14 heteroatoms. The van der Waals surface area contributed by atoms with Crippen LogP contribution in [0.25, 0.3) is 0 Å². The lowest BCUT2D eigenvalue weighted by Crippen LogP contribution is -2.55. The molecule has 0 radical (unpaired) electrons. The Morgan fingerprint density at radius 1 is 1.23 bits per heavy atom. The molecule has 0 aromatic heterocycles. The number of carbonyl (C=O) groups excluding carboxylic acids is 3. The molecule has 1 aromatic carbocycles. The molecule has 2 amide bonds. The molecule has 1 atom stereocenters. The molecule has 0 unspecified atom stereocenters. The standard InChI is InChI=1S/C16H13F3N2O7S2/c17-16(18,19)30(25,26)28-10-8-29-13-7-12(23)21(13)14(10)15(24)27-20-11(22)6-9-4-2-1-3-5-9/h1-5,13H,6-8H2,(H,20,22)/t13-/m1/s1. The quantitative estimate of drug-likeness (QED) is 0.298. The summed E-state index contributed by atoms with van der Waals surface area (Å²) in [4.78, 5) is 41.5. The van der Waals surface area contributed by atoms with Gasteiger partial charge in [0.05, 0.1) is 24.0 Å². The van der Waals surface area contributed by atoms with E-state index in [0.717, 1.165) is 16.7 Å². The lowest BCUT2D eigenvalue weighted by molar-refractivity contribution is -0.159. The number of hydrogen-bond acceptors (Lipinski definition) is 8. The Morgan fingerprint density at radius 3 is 2.50 bits per heavy atom. The van der Waals surface area contributed by atoms with Gasteiger partial charge in [-0.3, -0.25) is 14.5 Å². The fraction of sp³-hybridized carbons (Fsp3) is 0.312. The van der Waals surface area contributed by atoms with E-state index < -0.39 is 56.0 Å². The highest BCUT2D eigenvalue weighted by atomic mass is 32.2. The van der Waals surface area contributed by atoms with E-state index in [4.69, 9.17) is 0 Å². The summed E-state index contributed by atoms with van der Waals surface area (Å²) in [6.45, 7) is 0. The molecular weight excluding hydrogens is 453 g/mol. The lowest BCUT2D eigenvalue weighted by atomic mass is 10.1. The average molecular weight is 466 g/mol. The fourth-order valence-corrected chi connectivity index (χ4v) is 4.33. The maximum Gasteiger partial charge on any atom is 0.534 e. The topological polar surface area (TPSA) is 119 Å². The highest BCUT2D eigenvalue weighted by Gasteiger charge is 2.52. The van der Waals surface area contributed by atoms with Crippen molar-refractivity contribution in [2.45, 2.75) is 23.7 Å². The van der Waals surface area contributed by atoms with Crippen molar-refractivity contribution in [1.82, 2.24) is 10.4 Å². The predicted octanol–water partition coefficient (Wildman–Crippen LogP) is 1.19. The Kier molecular flexibility index (Phi) is 5.99. The molecule has 9 nitrogen and oxygen atoms in total. The first-order valence-corrected chi connectivity index (χ1v) is 10.7. The van der Waals surface area contributed by atoms with Crippen LogP contribution in [-0.4, -0.2) is 47.7 Å². The van der Waals surface area contributed by atoms with Crippen LogP contribution in [0.5, 0.6) is 0 Å². The number of hydroxylamine groups is 1. The van der Waals surface area contributed by atoms with Crippen molar-refractivity contribution in [2.24, 2.45) is 0 Å². The summed E-state index contributed by atoms with van der Waals surface area (Å²) < 4.78 is 64.7. The molecule has 0 spiro atoms. The number of rotatable bonds is 5. The Hall–Kier alpha value is -2.74. The summed E-state index contributed by atoms with van der Waals surface area (Å²) in [6.07, 6.45) is -0.165. The van der Waals surface area contributed by atoms with Crippen molar-refractivity contribution in [1.29, 1.82) is 0 Å². The van der Waals surface area contributed by atoms with E-state index in [1.165, 1.54) is 0 Å². The second-order valence-electron chi connectivity index (χ2n) is 6.07. The molecule has 2 heterocycles.